The first-order valence-electron chi connectivity index (χ1n) is 8.35. The van der Waals surface area contributed by atoms with Crippen molar-refractivity contribution >= 4 is 11.6 Å². The average Bonchev–Trinajstić information content (AvgIpc) is 3.14. The molecular formula is C20H18N2O4. The molecule has 2 aromatic carbocycles. The van der Waals surface area contributed by atoms with Gasteiger partial charge in [-0.2, -0.15) is 0 Å². The molecule has 0 atom stereocenters. The summed E-state index contributed by atoms with van der Waals surface area (Å²) in [4.78, 5) is 12.5. The van der Waals surface area contributed by atoms with Crippen molar-refractivity contribution in [2.75, 3.05) is 18.5 Å². The van der Waals surface area contributed by atoms with E-state index in [0.717, 1.165) is 22.4 Å². The van der Waals surface area contributed by atoms with Gasteiger partial charge in [0.2, 0.25) is 0 Å². The van der Waals surface area contributed by atoms with Gasteiger partial charge in [-0.25, -0.2) is 0 Å². The van der Waals surface area contributed by atoms with Crippen molar-refractivity contribution < 1.29 is 18.8 Å². The summed E-state index contributed by atoms with van der Waals surface area (Å²) in [6.07, 6.45) is 0. The molecule has 0 saturated heterocycles. The van der Waals surface area contributed by atoms with Crippen LogP contribution in [0.1, 0.15) is 21.6 Å². The van der Waals surface area contributed by atoms with E-state index in [1.54, 1.807) is 6.07 Å². The number of ether oxygens (including phenoxy) is 2. The van der Waals surface area contributed by atoms with Crippen molar-refractivity contribution in [2.45, 2.75) is 13.8 Å². The second kappa shape index (κ2) is 6.55. The molecular weight excluding hydrogens is 332 g/mol. The number of hydrogen-bond donors (Lipinski definition) is 1. The number of amides is 1. The number of nitrogens with one attached hydrogen (secondary N) is 1. The molecule has 6 heteroatoms. The minimum atomic E-state index is -0.315. The molecule has 6 nitrogen and oxygen atoms in total. The van der Waals surface area contributed by atoms with Gasteiger partial charge in [-0.05, 0) is 43.7 Å². The summed E-state index contributed by atoms with van der Waals surface area (Å²) >= 11 is 0. The number of carbonyl (C=O) groups excluding carboxylic acids is 1. The van der Waals surface area contributed by atoms with E-state index in [2.05, 4.69) is 10.5 Å². The molecule has 0 spiro atoms. The number of nitrogens with zero attached hydrogens (tertiary/aromatic N) is 1. The molecule has 132 valence electrons. The topological polar surface area (TPSA) is 73.6 Å². The van der Waals surface area contributed by atoms with Gasteiger partial charge < -0.3 is 19.3 Å². The molecule has 1 aliphatic rings. The van der Waals surface area contributed by atoms with Crippen LogP contribution in [-0.2, 0) is 0 Å². The predicted molar refractivity (Wildman–Crippen MR) is 96.8 cm³/mol. The second-order valence-electron chi connectivity index (χ2n) is 6.21. The van der Waals surface area contributed by atoms with E-state index in [-0.39, 0.29) is 11.6 Å². The van der Waals surface area contributed by atoms with Crippen LogP contribution in [0, 0.1) is 13.8 Å². The van der Waals surface area contributed by atoms with Crippen LogP contribution in [0.2, 0.25) is 0 Å². The Morgan fingerprint density at radius 1 is 1.00 bits per heavy atom. The van der Waals surface area contributed by atoms with Crippen molar-refractivity contribution in [3.8, 4) is 22.8 Å². The van der Waals surface area contributed by atoms with Gasteiger partial charge in [0.25, 0.3) is 5.91 Å². The van der Waals surface area contributed by atoms with Crippen molar-refractivity contribution in [1.82, 2.24) is 5.16 Å². The molecule has 0 bridgehead atoms. The van der Waals surface area contributed by atoms with E-state index < -0.39 is 0 Å². The quantitative estimate of drug-likeness (QED) is 0.773. The van der Waals surface area contributed by atoms with Crippen LogP contribution in [0.25, 0.3) is 11.3 Å². The number of benzene rings is 2. The Morgan fingerprint density at radius 3 is 2.62 bits per heavy atom. The Balaban J connectivity index is 1.55. The lowest BCUT2D eigenvalue weighted by molar-refractivity contribution is 0.101. The lowest BCUT2D eigenvalue weighted by atomic mass is 10.1. The van der Waals surface area contributed by atoms with Crippen LogP contribution in [0.4, 0.5) is 5.69 Å². The monoisotopic (exact) mass is 350 g/mol. The Labute approximate surface area is 150 Å². The third-order valence-corrected chi connectivity index (χ3v) is 4.20. The molecule has 2 heterocycles. The van der Waals surface area contributed by atoms with Crippen LogP contribution in [0.5, 0.6) is 11.5 Å². The zero-order valence-corrected chi connectivity index (χ0v) is 14.5. The van der Waals surface area contributed by atoms with Gasteiger partial charge in [0.15, 0.2) is 23.0 Å². The average molecular weight is 350 g/mol. The summed E-state index contributed by atoms with van der Waals surface area (Å²) in [6, 6.07) is 12.9. The summed E-state index contributed by atoms with van der Waals surface area (Å²) in [7, 11) is 0. The molecule has 26 heavy (non-hydrogen) atoms. The summed E-state index contributed by atoms with van der Waals surface area (Å²) < 4.78 is 16.4. The van der Waals surface area contributed by atoms with Gasteiger partial charge in [0.05, 0.1) is 0 Å². The lowest BCUT2D eigenvalue weighted by Gasteiger charge is -2.18. The van der Waals surface area contributed by atoms with Crippen LogP contribution in [-0.4, -0.2) is 24.3 Å². The number of hydrogen-bond acceptors (Lipinski definition) is 5. The Bertz CT molecular complexity index is 978. The van der Waals surface area contributed by atoms with Crippen molar-refractivity contribution in [2.24, 2.45) is 0 Å². The molecule has 0 saturated carbocycles. The smallest absolute Gasteiger partial charge is 0.277 e. The molecule has 0 radical (unpaired) electrons. The van der Waals surface area contributed by atoms with Crippen LogP contribution in [0.3, 0.4) is 0 Å². The molecule has 1 N–H and O–H groups in total. The van der Waals surface area contributed by atoms with Gasteiger partial charge in [-0.3, -0.25) is 4.79 Å². The first-order chi connectivity index (χ1) is 12.6. The van der Waals surface area contributed by atoms with Gasteiger partial charge >= 0.3 is 0 Å². The molecule has 1 amide bonds. The Morgan fingerprint density at radius 2 is 1.81 bits per heavy atom. The Kier molecular flexibility index (Phi) is 4.08. The fourth-order valence-electron chi connectivity index (χ4n) is 2.86. The summed E-state index contributed by atoms with van der Waals surface area (Å²) in [6.45, 7) is 5.01. The van der Waals surface area contributed by atoms with E-state index >= 15 is 0 Å². The van der Waals surface area contributed by atoms with Crippen LogP contribution >= 0.6 is 0 Å². The number of carbonyl (C=O) groups is 1. The zero-order chi connectivity index (χ0) is 18.1. The van der Waals surface area contributed by atoms with Gasteiger partial charge in [0.1, 0.15) is 13.2 Å². The maximum atomic E-state index is 12.5. The summed E-state index contributed by atoms with van der Waals surface area (Å²) in [5.41, 5.74) is 3.88. The minimum absolute atomic E-state index is 0.217. The van der Waals surface area contributed by atoms with Gasteiger partial charge in [-0.1, -0.05) is 22.9 Å². The SMILES string of the molecule is Cc1ccc(NC(=O)c2cc(-c3ccc4c(c3)OCCO4)on2)c(C)c1. The van der Waals surface area contributed by atoms with E-state index in [0.29, 0.717) is 30.5 Å². The molecule has 4 rings (SSSR count). The van der Waals surface area contributed by atoms with E-state index in [9.17, 15) is 4.79 Å². The van der Waals surface area contributed by atoms with E-state index in [1.807, 2.05) is 50.2 Å². The minimum Gasteiger partial charge on any atom is -0.486 e. The zero-order valence-electron chi connectivity index (χ0n) is 14.5. The van der Waals surface area contributed by atoms with E-state index in [4.69, 9.17) is 14.0 Å². The lowest BCUT2D eigenvalue weighted by Crippen LogP contribution is -2.15. The first-order valence-corrected chi connectivity index (χ1v) is 8.35. The van der Waals surface area contributed by atoms with Crippen LogP contribution < -0.4 is 14.8 Å². The molecule has 1 aliphatic heterocycles. The maximum absolute atomic E-state index is 12.5. The van der Waals surface area contributed by atoms with Crippen molar-refractivity contribution in [3.63, 3.8) is 0 Å². The van der Waals surface area contributed by atoms with Crippen molar-refractivity contribution in [3.05, 3.63) is 59.3 Å². The largest absolute Gasteiger partial charge is 0.486 e. The fourth-order valence-corrected chi connectivity index (χ4v) is 2.86. The van der Waals surface area contributed by atoms with Crippen molar-refractivity contribution in [1.29, 1.82) is 0 Å². The Hall–Kier alpha value is -3.28. The number of anilines is 1. The molecule has 3 aromatic rings. The standard InChI is InChI=1S/C20H18N2O4/c1-12-3-5-15(13(2)9-12)21-20(23)16-11-18(26-22-16)14-4-6-17-19(10-14)25-8-7-24-17/h3-6,9-11H,7-8H2,1-2H3,(H,21,23). The second-order valence-corrected chi connectivity index (χ2v) is 6.21. The third kappa shape index (κ3) is 3.13. The third-order valence-electron chi connectivity index (χ3n) is 4.20. The normalized spacial score (nSPS) is 12.7. The molecule has 0 aliphatic carbocycles. The predicted octanol–water partition coefficient (Wildman–Crippen LogP) is 3.98. The maximum Gasteiger partial charge on any atom is 0.277 e. The van der Waals surface area contributed by atoms with E-state index in [1.165, 1.54) is 0 Å². The summed E-state index contributed by atoms with van der Waals surface area (Å²) in [5, 5.41) is 6.75. The summed E-state index contributed by atoms with van der Waals surface area (Å²) in [5.74, 6) is 1.54. The van der Waals surface area contributed by atoms with Gasteiger partial charge in [-0.15, -0.1) is 0 Å². The highest BCUT2D eigenvalue weighted by molar-refractivity contribution is 6.03. The molecule has 0 unspecified atom stereocenters. The number of aromatic nitrogens is 1. The highest BCUT2D eigenvalue weighted by Crippen LogP contribution is 2.34. The number of aryl methyl sites for hydroxylation is 2. The molecule has 1 aromatic heterocycles. The number of fused-ring (bicyclic) bond motifs is 1. The fraction of sp³-hybridized carbons (Fsp3) is 0.200. The highest BCUT2D eigenvalue weighted by Gasteiger charge is 2.17. The van der Waals surface area contributed by atoms with Gasteiger partial charge in [0, 0.05) is 17.3 Å². The highest BCUT2D eigenvalue weighted by atomic mass is 16.6. The molecule has 0 fully saturated rings. The van der Waals surface area contributed by atoms with Crippen LogP contribution in [0.15, 0.2) is 47.0 Å². The number of rotatable bonds is 3. The first kappa shape index (κ1) is 16.2.